The van der Waals surface area contributed by atoms with Crippen LogP contribution in [-0.2, 0) is 11.2 Å². The van der Waals surface area contributed by atoms with Crippen LogP contribution in [0.2, 0.25) is 0 Å². The Balaban J connectivity index is 2.01. The largest absolute Gasteiger partial charge is 0.383 e. The Morgan fingerprint density at radius 2 is 1.81 bits per heavy atom. The quantitative estimate of drug-likeness (QED) is 0.728. The number of ether oxygens (including phenoxy) is 1. The number of benzene rings is 2. The molecule has 0 radical (unpaired) electrons. The van der Waals surface area contributed by atoms with Gasteiger partial charge in [0.05, 0.1) is 6.61 Å². The van der Waals surface area contributed by atoms with Crippen LogP contribution in [0.4, 0.5) is 18.9 Å². The maximum atomic E-state index is 13.2. The van der Waals surface area contributed by atoms with Gasteiger partial charge in [-0.3, -0.25) is 4.79 Å². The molecular formula is C19H21F3N2O2. The van der Waals surface area contributed by atoms with Gasteiger partial charge < -0.3 is 15.0 Å². The molecule has 0 spiro atoms. The summed E-state index contributed by atoms with van der Waals surface area (Å²) < 4.78 is 44.5. The third-order valence-corrected chi connectivity index (χ3v) is 3.89. The van der Waals surface area contributed by atoms with Crippen molar-refractivity contribution in [3.05, 3.63) is 65.0 Å². The van der Waals surface area contributed by atoms with Crippen LogP contribution in [0.15, 0.2) is 36.4 Å². The zero-order chi connectivity index (χ0) is 19.1. The van der Waals surface area contributed by atoms with E-state index in [0.29, 0.717) is 12.2 Å². The third-order valence-electron chi connectivity index (χ3n) is 3.89. The smallest absolute Gasteiger partial charge is 0.255 e. The fourth-order valence-electron chi connectivity index (χ4n) is 2.38. The first-order chi connectivity index (χ1) is 12.4. The lowest BCUT2D eigenvalue weighted by Gasteiger charge is -2.16. The number of hydrogen-bond acceptors (Lipinski definition) is 3. The molecule has 2 aromatic carbocycles. The Morgan fingerprint density at radius 1 is 1.12 bits per heavy atom. The van der Waals surface area contributed by atoms with Crippen molar-refractivity contribution in [1.29, 1.82) is 0 Å². The molecule has 0 saturated carbocycles. The second kappa shape index (κ2) is 9.35. The van der Waals surface area contributed by atoms with Crippen molar-refractivity contribution in [3.8, 4) is 0 Å². The van der Waals surface area contributed by atoms with Gasteiger partial charge in [-0.15, -0.1) is 0 Å². The molecule has 2 aromatic rings. The van der Waals surface area contributed by atoms with E-state index in [1.54, 1.807) is 25.3 Å². The predicted octanol–water partition coefficient (Wildman–Crippen LogP) is 3.48. The van der Waals surface area contributed by atoms with Gasteiger partial charge in [0.1, 0.15) is 0 Å². The fourth-order valence-corrected chi connectivity index (χ4v) is 2.38. The molecule has 4 nitrogen and oxygen atoms in total. The van der Waals surface area contributed by atoms with Gasteiger partial charge in [0.15, 0.2) is 17.5 Å². The van der Waals surface area contributed by atoms with Gasteiger partial charge in [0, 0.05) is 43.6 Å². The summed E-state index contributed by atoms with van der Waals surface area (Å²) in [5.74, 6) is -4.80. The second-order valence-electron chi connectivity index (χ2n) is 5.95. The van der Waals surface area contributed by atoms with Gasteiger partial charge >= 0.3 is 0 Å². The predicted molar refractivity (Wildman–Crippen MR) is 93.8 cm³/mol. The van der Waals surface area contributed by atoms with Gasteiger partial charge in [-0.05, 0) is 31.2 Å². The van der Waals surface area contributed by atoms with Crippen LogP contribution in [0.3, 0.4) is 0 Å². The Bertz CT molecular complexity index is 745. The average molecular weight is 366 g/mol. The molecule has 2 rings (SSSR count). The van der Waals surface area contributed by atoms with Crippen LogP contribution in [0.25, 0.3) is 0 Å². The normalized spacial score (nSPS) is 11.0. The number of amides is 1. The maximum Gasteiger partial charge on any atom is 0.255 e. The van der Waals surface area contributed by atoms with E-state index < -0.39 is 23.4 Å². The van der Waals surface area contributed by atoms with Crippen molar-refractivity contribution in [3.63, 3.8) is 0 Å². The Kier molecular flexibility index (Phi) is 7.17. The minimum Gasteiger partial charge on any atom is -0.383 e. The summed E-state index contributed by atoms with van der Waals surface area (Å²) in [6.45, 7) is 2.24. The van der Waals surface area contributed by atoms with E-state index in [-0.39, 0.29) is 5.69 Å². The maximum absolute atomic E-state index is 13.2. The Morgan fingerprint density at radius 3 is 2.46 bits per heavy atom. The summed E-state index contributed by atoms with van der Waals surface area (Å²) in [5, 5.41) is 2.37. The molecule has 0 aliphatic rings. The summed E-state index contributed by atoms with van der Waals surface area (Å²) in [4.78, 5) is 14.4. The van der Waals surface area contributed by atoms with E-state index in [1.165, 1.54) is 0 Å². The number of nitrogens with one attached hydrogen (secondary N) is 1. The second-order valence-corrected chi connectivity index (χ2v) is 5.95. The topological polar surface area (TPSA) is 41.6 Å². The van der Waals surface area contributed by atoms with Crippen LogP contribution in [0, 0.1) is 17.5 Å². The monoisotopic (exact) mass is 366 g/mol. The standard InChI is InChI=1S/C19H21F3N2O2/c1-24(8-9-26-2)7-6-13-4-3-5-14(10-13)19(25)23-15-11-16(20)18(22)17(21)12-15/h3-5,10-12H,6-9H2,1-2H3,(H,23,25). The van der Waals surface area contributed by atoms with Crippen molar-refractivity contribution >= 4 is 11.6 Å². The molecule has 0 atom stereocenters. The highest BCUT2D eigenvalue weighted by Gasteiger charge is 2.13. The fraction of sp³-hybridized carbons (Fsp3) is 0.316. The van der Waals surface area contributed by atoms with Gasteiger partial charge in [0.25, 0.3) is 5.91 Å². The Labute approximate surface area is 150 Å². The van der Waals surface area contributed by atoms with Crippen LogP contribution < -0.4 is 5.32 Å². The molecule has 0 bridgehead atoms. The lowest BCUT2D eigenvalue weighted by Crippen LogP contribution is -2.25. The average Bonchev–Trinajstić information content (AvgIpc) is 2.62. The van der Waals surface area contributed by atoms with Crippen molar-refractivity contribution in [2.24, 2.45) is 0 Å². The van der Waals surface area contributed by atoms with E-state index in [4.69, 9.17) is 4.74 Å². The number of rotatable bonds is 8. The van der Waals surface area contributed by atoms with Gasteiger partial charge in [-0.2, -0.15) is 0 Å². The van der Waals surface area contributed by atoms with E-state index in [1.807, 2.05) is 13.1 Å². The van der Waals surface area contributed by atoms with Crippen molar-refractivity contribution < 1.29 is 22.7 Å². The lowest BCUT2D eigenvalue weighted by molar-refractivity contribution is 0.102. The minimum absolute atomic E-state index is 0.142. The number of anilines is 1. The van der Waals surface area contributed by atoms with Crippen molar-refractivity contribution in [1.82, 2.24) is 4.90 Å². The molecule has 7 heteroatoms. The zero-order valence-corrected chi connectivity index (χ0v) is 14.7. The van der Waals surface area contributed by atoms with Gasteiger partial charge in [0.2, 0.25) is 0 Å². The van der Waals surface area contributed by atoms with E-state index >= 15 is 0 Å². The molecular weight excluding hydrogens is 345 g/mol. The Hall–Kier alpha value is -2.38. The van der Waals surface area contributed by atoms with E-state index in [2.05, 4.69) is 10.2 Å². The van der Waals surface area contributed by atoms with Gasteiger partial charge in [-0.25, -0.2) is 13.2 Å². The number of halogens is 3. The lowest BCUT2D eigenvalue weighted by atomic mass is 10.1. The highest BCUT2D eigenvalue weighted by Crippen LogP contribution is 2.18. The van der Waals surface area contributed by atoms with Crippen LogP contribution in [-0.4, -0.2) is 44.7 Å². The van der Waals surface area contributed by atoms with E-state index in [9.17, 15) is 18.0 Å². The number of likely N-dealkylation sites (N-methyl/N-ethyl adjacent to an activating group) is 1. The molecule has 0 fully saturated rings. The number of nitrogens with zero attached hydrogens (tertiary/aromatic N) is 1. The number of carbonyl (C=O) groups excluding carboxylic acids is 1. The summed E-state index contributed by atoms with van der Waals surface area (Å²) in [6, 6.07) is 8.44. The third kappa shape index (κ3) is 5.57. The minimum atomic E-state index is -1.57. The molecule has 0 aliphatic carbocycles. The molecule has 26 heavy (non-hydrogen) atoms. The molecule has 0 heterocycles. The summed E-state index contributed by atoms with van der Waals surface area (Å²) in [5.41, 5.74) is 1.17. The SMILES string of the molecule is COCCN(C)CCc1cccc(C(=O)Nc2cc(F)c(F)c(F)c2)c1. The summed E-state index contributed by atoms with van der Waals surface area (Å²) in [7, 11) is 3.63. The highest BCUT2D eigenvalue weighted by atomic mass is 19.2. The van der Waals surface area contributed by atoms with Crippen molar-refractivity contribution in [2.75, 3.05) is 39.2 Å². The van der Waals surface area contributed by atoms with Crippen LogP contribution >= 0.6 is 0 Å². The number of carbonyl (C=O) groups is 1. The molecule has 0 aromatic heterocycles. The molecule has 0 unspecified atom stereocenters. The molecule has 0 saturated heterocycles. The van der Waals surface area contributed by atoms with Gasteiger partial charge in [-0.1, -0.05) is 12.1 Å². The first-order valence-electron chi connectivity index (χ1n) is 8.13. The van der Waals surface area contributed by atoms with Crippen LogP contribution in [0.1, 0.15) is 15.9 Å². The highest BCUT2D eigenvalue weighted by molar-refractivity contribution is 6.04. The van der Waals surface area contributed by atoms with Crippen molar-refractivity contribution in [2.45, 2.75) is 6.42 Å². The van der Waals surface area contributed by atoms with E-state index in [0.717, 1.165) is 37.2 Å². The molecule has 140 valence electrons. The number of hydrogen-bond donors (Lipinski definition) is 1. The summed E-state index contributed by atoms with van der Waals surface area (Å²) in [6.07, 6.45) is 0.737. The first-order valence-corrected chi connectivity index (χ1v) is 8.13. The van der Waals surface area contributed by atoms with Crippen LogP contribution in [0.5, 0.6) is 0 Å². The molecule has 1 N–H and O–H groups in total. The molecule has 1 amide bonds. The number of methoxy groups -OCH3 is 1. The summed E-state index contributed by atoms with van der Waals surface area (Å²) >= 11 is 0. The molecule has 0 aliphatic heterocycles. The first kappa shape index (κ1) is 19.9. The zero-order valence-electron chi connectivity index (χ0n) is 14.7.